The number of thiophene rings is 1. The Kier molecular flexibility index (Phi) is 6.55. The molecule has 4 heteroatoms. The van der Waals surface area contributed by atoms with Crippen LogP contribution in [-0.2, 0) is 6.42 Å². The number of hydrogen-bond acceptors (Lipinski definition) is 3. The first kappa shape index (κ1) is 29.4. The number of furan rings is 1. The summed E-state index contributed by atoms with van der Waals surface area (Å²) in [4.78, 5) is 2.37. The van der Waals surface area contributed by atoms with Gasteiger partial charge in [-0.25, -0.2) is 0 Å². The summed E-state index contributed by atoms with van der Waals surface area (Å²) >= 11 is 1.85. The van der Waals surface area contributed by atoms with Crippen LogP contribution in [0.5, 0.6) is 0 Å². The van der Waals surface area contributed by atoms with Crippen LogP contribution in [0.3, 0.4) is 0 Å². The molecule has 10 aromatic rings. The molecule has 1 aliphatic rings. The molecule has 0 unspecified atom stereocenters. The van der Waals surface area contributed by atoms with Crippen molar-refractivity contribution < 1.29 is 4.42 Å². The lowest BCUT2D eigenvalue weighted by molar-refractivity contribution is 0.596. The molecular weight excluding hydrogens is 653 g/mol. The van der Waals surface area contributed by atoms with Gasteiger partial charge in [-0.05, 0) is 79.1 Å². The molecule has 0 saturated heterocycles. The standard InChI is InChI=1S/C48H32N2OS/c1-6-18-41(50-42-19-7-2-13-35(42)36-14-3-8-20-43(36)50)34(12-1)31-24-26-32(27-25-31)49(33-28-29-39-38-16-5-10-23-46(38)52-47(39)30-33)44-21-11-17-40-37-15-4-9-22-45(37)51-48(40)44/h1-3,5-14,16-30H,4,15H2. The van der Waals surface area contributed by atoms with E-state index in [0.717, 1.165) is 46.8 Å². The zero-order valence-corrected chi connectivity index (χ0v) is 29.1. The molecule has 3 nitrogen and oxygen atoms in total. The van der Waals surface area contributed by atoms with Crippen molar-refractivity contribution in [3.63, 3.8) is 0 Å². The molecule has 7 aromatic carbocycles. The highest BCUT2D eigenvalue weighted by molar-refractivity contribution is 7.25. The second-order valence-corrected chi connectivity index (χ2v) is 14.7. The number of hydrogen-bond donors (Lipinski definition) is 0. The lowest BCUT2D eigenvalue weighted by Gasteiger charge is -2.26. The third-order valence-electron chi connectivity index (χ3n) is 10.7. The van der Waals surface area contributed by atoms with E-state index in [4.69, 9.17) is 4.42 Å². The smallest absolute Gasteiger partial charge is 0.159 e. The Labute approximate surface area is 304 Å². The Morgan fingerprint density at radius 2 is 1.23 bits per heavy atom. The van der Waals surface area contributed by atoms with Gasteiger partial charge in [0.25, 0.3) is 0 Å². The Hall–Kier alpha value is -6.36. The predicted molar refractivity (Wildman–Crippen MR) is 221 cm³/mol. The monoisotopic (exact) mass is 684 g/mol. The van der Waals surface area contributed by atoms with Gasteiger partial charge in [-0.3, -0.25) is 0 Å². The van der Waals surface area contributed by atoms with Gasteiger partial charge in [-0.1, -0.05) is 109 Å². The number of allylic oxidation sites excluding steroid dienone is 1. The summed E-state index contributed by atoms with van der Waals surface area (Å²) in [6.07, 6.45) is 6.39. The summed E-state index contributed by atoms with van der Waals surface area (Å²) in [7, 11) is 0. The molecule has 3 heterocycles. The van der Waals surface area contributed by atoms with Gasteiger partial charge in [0.15, 0.2) is 5.58 Å². The molecule has 0 amide bonds. The molecule has 0 atom stereocenters. The fourth-order valence-corrected chi connectivity index (χ4v) is 9.47. The quantitative estimate of drug-likeness (QED) is 0.180. The fourth-order valence-electron chi connectivity index (χ4n) is 8.33. The number of para-hydroxylation sites is 4. The third-order valence-corrected chi connectivity index (χ3v) is 11.8. The zero-order chi connectivity index (χ0) is 34.2. The van der Waals surface area contributed by atoms with E-state index in [1.54, 1.807) is 0 Å². The number of aromatic nitrogens is 1. The molecule has 3 aromatic heterocycles. The van der Waals surface area contributed by atoms with Crippen LogP contribution in [0, 0.1) is 0 Å². The molecule has 0 aliphatic heterocycles. The summed E-state index contributed by atoms with van der Waals surface area (Å²) in [5.41, 5.74) is 11.4. The summed E-state index contributed by atoms with van der Waals surface area (Å²) in [5.74, 6) is 0.977. The summed E-state index contributed by atoms with van der Waals surface area (Å²) in [6, 6.07) is 57.4. The average Bonchev–Trinajstić information content (AvgIpc) is 3.88. The van der Waals surface area contributed by atoms with Crippen LogP contribution < -0.4 is 4.90 Å². The summed E-state index contributed by atoms with van der Waals surface area (Å²) < 4.78 is 11.7. The molecule has 0 bridgehead atoms. The zero-order valence-electron chi connectivity index (χ0n) is 28.3. The van der Waals surface area contributed by atoms with Crippen LogP contribution in [0.2, 0.25) is 0 Å². The van der Waals surface area contributed by atoms with Crippen molar-refractivity contribution in [3.8, 4) is 16.8 Å². The number of rotatable bonds is 5. The maximum Gasteiger partial charge on any atom is 0.159 e. The number of benzene rings is 7. The lowest BCUT2D eigenvalue weighted by atomic mass is 10.00. The summed E-state index contributed by atoms with van der Waals surface area (Å²) in [6.45, 7) is 0. The number of anilines is 3. The molecule has 0 N–H and O–H groups in total. The van der Waals surface area contributed by atoms with Crippen LogP contribution in [-0.4, -0.2) is 4.57 Å². The first-order valence-electron chi connectivity index (χ1n) is 17.9. The number of fused-ring (bicyclic) bond motifs is 9. The molecular formula is C48H32N2OS. The van der Waals surface area contributed by atoms with Crippen LogP contribution in [0.4, 0.5) is 17.1 Å². The Morgan fingerprint density at radius 3 is 2.06 bits per heavy atom. The molecule has 11 rings (SSSR count). The second-order valence-electron chi connectivity index (χ2n) is 13.6. The van der Waals surface area contributed by atoms with E-state index in [1.807, 2.05) is 11.3 Å². The third kappa shape index (κ3) is 4.44. The van der Waals surface area contributed by atoms with E-state index in [2.05, 4.69) is 179 Å². The Balaban J connectivity index is 1.09. The Bertz CT molecular complexity index is 2980. The highest BCUT2D eigenvalue weighted by Crippen LogP contribution is 2.45. The van der Waals surface area contributed by atoms with Crippen LogP contribution in [0.15, 0.2) is 168 Å². The largest absolute Gasteiger partial charge is 0.454 e. The van der Waals surface area contributed by atoms with Gasteiger partial charge in [0.2, 0.25) is 0 Å². The molecule has 1 aliphatic carbocycles. The van der Waals surface area contributed by atoms with Crippen LogP contribution in [0.1, 0.15) is 17.7 Å². The fraction of sp³-hybridized carbons (Fsp3) is 0.0417. The van der Waals surface area contributed by atoms with E-state index >= 15 is 0 Å². The SMILES string of the molecule is C1=Cc2oc3c(N(c4ccc(-c5ccccc5-n5c6ccccc6c6ccccc65)cc4)c4ccc5c(c4)sc4ccccc45)cccc3c2CC1. The van der Waals surface area contributed by atoms with Crippen molar-refractivity contribution in [1.82, 2.24) is 4.57 Å². The maximum atomic E-state index is 6.67. The number of aryl methyl sites for hydroxylation is 1. The highest BCUT2D eigenvalue weighted by atomic mass is 32.1. The highest BCUT2D eigenvalue weighted by Gasteiger charge is 2.23. The first-order chi connectivity index (χ1) is 25.8. The van der Waals surface area contributed by atoms with Crippen molar-refractivity contribution in [2.45, 2.75) is 12.8 Å². The van der Waals surface area contributed by atoms with Crippen molar-refractivity contribution in [2.75, 3.05) is 4.90 Å². The molecule has 0 radical (unpaired) electrons. The maximum absolute atomic E-state index is 6.67. The lowest BCUT2D eigenvalue weighted by Crippen LogP contribution is -2.10. The second kappa shape index (κ2) is 11.6. The topological polar surface area (TPSA) is 21.3 Å². The van der Waals surface area contributed by atoms with Gasteiger partial charge in [-0.15, -0.1) is 11.3 Å². The van der Waals surface area contributed by atoms with Crippen molar-refractivity contribution >= 4 is 87.4 Å². The van der Waals surface area contributed by atoms with Crippen molar-refractivity contribution in [2.24, 2.45) is 0 Å². The molecule has 246 valence electrons. The molecule has 0 spiro atoms. The predicted octanol–water partition coefficient (Wildman–Crippen LogP) is 14.0. The van der Waals surface area contributed by atoms with Gasteiger partial charge in [0, 0.05) is 58.8 Å². The van der Waals surface area contributed by atoms with E-state index < -0.39 is 0 Å². The van der Waals surface area contributed by atoms with Gasteiger partial charge in [0.1, 0.15) is 5.76 Å². The van der Waals surface area contributed by atoms with E-state index in [1.165, 1.54) is 64.2 Å². The minimum Gasteiger partial charge on any atom is -0.454 e. The van der Waals surface area contributed by atoms with E-state index in [0.29, 0.717) is 0 Å². The summed E-state index contributed by atoms with van der Waals surface area (Å²) in [5, 5.41) is 6.32. The normalized spacial score (nSPS) is 12.8. The van der Waals surface area contributed by atoms with Crippen LogP contribution >= 0.6 is 11.3 Å². The van der Waals surface area contributed by atoms with Crippen LogP contribution in [0.25, 0.3) is 75.8 Å². The van der Waals surface area contributed by atoms with Gasteiger partial charge >= 0.3 is 0 Å². The number of nitrogens with zero attached hydrogens (tertiary/aromatic N) is 2. The van der Waals surface area contributed by atoms with E-state index in [9.17, 15) is 0 Å². The van der Waals surface area contributed by atoms with Gasteiger partial charge in [-0.2, -0.15) is 0 Å². The minimum absolute atomic E-state index is 0.927. The van der Waals surface area contributed by atoms with Gasteiger partial charge in [0.05, 0.1) is 22.4 Å². The molecule has 52 heavy (non-hydrogen) atoms. The Morgan fingerprint density at radius 1 is 0.558 bits per heavy atom. The van der Waals surface area contributed by atoms with E-state index in [-0.39, 0.29) is 0 Å². The first-order valence-corrected chi connectivity index (χ1v) is 18.7. The van der Waals surface area contributed by atoms with Crippen molar-refractivity contribution in [3.05, 3.63) is 175 Å². The van der Waals surface area contributed by atoms with Gasteiger partial charge < -0.3 is 13.9 Å². The average molecular weight is 685 g/mol. The molecule has 0 saturated carbocycles. The molecule has 0 fully saturated rings. The minimum atomic E-state index is 0.927. The van der Waals surface area contributed by atoms with Crippen molar-refractivity contribution in [1.29, 1.82) is 0 Å².